The Morgan fingerprint density at radius 2 is 1.02 bits per heavy atom. The van der Waals surface area contributed by atoms with Gasteiger partial charge in [-0.25, -0.2) is 0 Å². The Hall–Kier alpha value is -11.5. The average Bonchev–Trinajstić information content (AvgIpc) is 1.80. The monoisotopic (exact) mass is 1670 g/mol. The molecule has 638 valence electrons. The van der Waals surface area contributed by atoms with Gasteiger partial charge >= 0.3 is 5.97 Å². The fourth-order valence-electron chi connectivity index (χ4n) is 12.3. The van der Waals surface area contributed by atoms with Gasteiger partial charge in [0.05, 0.1) is 19.1 Å². The van der Waals surface area contributed by atoms with E-state index in [1.165, 1.54) is 34.6 Å². The number of carboxylic acids is 1. The third-order valence-electron chi connectivity index (χ3n) is 18.6. The molecule has 0 aliphatic heterocycles. The maximum atomic E-state index is 15.5. The van der Waals surface area contributed by atoms with E-state index in [9.17, 15) is 63.0 Å². The van der Waals surface area contributed by atoms with Crippen molar-refractivity contribution < 1.29 is 91.7 Å². The number of thiol groups is 2. The zero-order chi connectivity index (χ0) is 87.2. The minimum atomic E-state index is -2.07. The highest BCUT2D eigenvalue weighted by Gasteiger charge is 2.44. The molecule has 0 unspecified atom stereocenters. The maximum Gasteiger partial charge on any atom is 0.303 e. The quantitative estimate of drug-likeness (QED) is 0.0130. The highest BCUT2D eigenvalue weighted by Crippen LogP contribution is 2.25. The van der Waals surface area contributed by atoms with Gasteiger partial charge in [0, 0.05) is 78.7 Å². The predicted molar refractivity (Wildman–Crippen MR) is 437 cm³/mol. The highest BCUT2D eigenvalue weighted by atomic mass is 32.1. The summed E-state index contributed by atoms with van der Waals surface area (Å²) in [5.41, 5.74) is 33.5. The second kappa shape index (κ2) is 45.2. The number of ether oxygens (including phenoxy) is 1. The molecule has 40 heteroatoms. The largest absolute Gasteiger partial charge is 0.492 e. The van der Waals surface area contributed by atoms with Crippen molar-refractivity contribution in [3.05, 3.63) is 114 Å². The highest BCUT2D eigenvalue weighted by molar-refractivity contribution is 7.82. The number of unbranched alkanes of at least 4 members (excludes halogenated alkanes) is 1. The van der Waals surface area contributed by atoms with Crippen LogP contribution in [0.15, 0.2) is 97.2 Å². The van der Waals surface area contributed by atoms with E-state index < -0.39 is 221 Å². The van der Waals surface area contributed by atoms with Crippen molar-refractivity contribution in [1.29, 1.82) is 0 Å². The number of hydrogen-bond donors (Lipinski definition) is 23. The molecule has 0 fully saturated rings. The molecule has 15 amide bonds. The molecule has 5 aromatic rings. The molecule has 1 aromatic heterocycles. The van der Waals surface area contributed by atoms with E-state index in [0.29, 0.717) is 38.7 Å². The molecule has 0 saturated heterocycles. The fraction of sp³-hybridized carbons (Fsp3) is 0.481. The Balaban J connectivity index is 1.56. The van der Waals surface area contributed by atoms with Crippen LogP contribution in [-0.4, -0.2) is 224 Å². The summed E-state index contributed by atoms with van der Waals surface area (Å²) in [6.45, 7) is 8.62. The Labute approximate surface area is 686 Å². The van der Waals surface area contributed by atoms with Crippen molar-refractivity contribution in [2.24, 2.45) is 34.4 Å². The van der Waals surface area contributed by atoms with Crippen molar-refractivity contribution in [2.45, 2.75) is 201 Å². The molecule has 5 rings (SSSR count). The number of carboxylic acid groups (broad SMARTS) is 1. The molecule has 0 aliphatic carbocycles. The summed E-state index contributed by atoms with van der Waals surface area (Å²) in [5, 5.41) is 53.0. The molecule has 4 aromatic carbocycles. The number of primary amides is 3. The van der Waals surface area contributed by atoms with Crippen molar-refractivity contribution in [3.63, 3.8) is 0 Å². The molecule has 0 spiro atoms. The topological polar surface area (TPSA) is 639 Å². The number of fused-ring (bicyclic) bond motifs is 2. The molecule has 0 radical (unpaired) electrons. The van der Waals surface area contributed by atoms with Crippen LogP contribution in [0.4, 0.5) is 0 Å². The first-order valence-corrected chi connectivity index (χ1v) is 38.5. The van der Waals surface area contributed by atoms with E-state index in [1.54, 1.807) is 91.1 Å². The number of rotatable bonds is 49. The number of aliphatic carboxylic acids is 1. The number of aliphatic hydroxyl groups excluding tert-OH is 1. The SMILES string of the molecule is CC(=O)N[C@H](C(=O)N[C@@H](CN)C(=O)N[C@H](C(=O)N[C@@H](Cc1c[nH]c2ccccc12)C(=O)N[C@@H](CCC(N)=O)C(=O)N[C@H](C(=O)N[C@@H](Cc1ccc(OCCN)cc1)C(=O)N[C@@H](Cc1ccc2ccccc2c1)C(=O)N[C@@](C)(CCCCN)C(=O)N[C@@H](CCC(=O)O)C(=O)N[C@@H](CC(N)=O)C(=O)NCC(N)=O)C(C)(C)S)[C@@H](C)O)C(C)(C)S. The number of aliphatic hydroxyl groups is 1. The summed E-state index contributed by atoms with van der Waals surface area (Å²) in [5.74, 6) is -16.5. The molecular weight excluding hydrogens is 1560 g/mol. The van der Waals surface area contributed by atoms with Crippen molar-refractivity contribution in [2.75, 3.05) is 32.8 Å². The molecule has 0 bridgehead atoms. The van der Waals surface area contributed by atoms with Gasteiger partial charge in [-0.1, -0.05) is 72.8 Å². The fourth-order valence-corrected chi connectivity index (χ4v) is 12.6. The molecule has 0 saturated carbocycles. The molecule has 12 atom stereocenters. The number of hydrogen-bond acceptors (Lipinski definition) is 23. The van der Waals surface area contributed by atoms with Gasteiger partial charge in [-0.3, -0.25) is 76.7 Å². The van der Waals surface area contributed by atoms with E-state index in [4.69, 9.17) is 51.8 Å². The van der Waals surface area contributed by atoms with Gasteiger partial charge in [0.2, 0.25) is 88.6 Å². The second-order valence-corrected chi connectivity index (χ2v) is 31.8. The maximum absolute atomic E-state index is 15.5. The van der Waals surface area contributed by atoms with Gasteiger partial charge in [-0.05, 0) is 126 Å². The van der Waals surface area contributed by atoms with Gasteiger partial charge in [-0.2, -0.15) is 25.3 Å². The first kappa shape index (κ1) is 96.1. The Morgan fingerprint density at radius 1 is 0.504 bits per heavy atom. The number of H-pyrrole nitrogens is 1. The van der Waals surface area contributed by atoms with E-state index >= 15 is 24.0 Å². The van der Waals surface area contributed by atoms with Gasteiger partial charge in [0.15, 0.2) is 0 Å². The molecule has 0 aliphatic rings. The van der Waals surface area contributed by atoms with Gasteiger partial charge in [0.1, 0.15) is 78.3 Å². The standard InChI is InChI=1S/C77H109N19O19S2/c1-40(97)61(94-69(109)56(37-80)92-72(112)62(75(3,4)116)86-41(2)98)71(111)90-54(35-46-38-84-49-17-11-10-16-48(46)49)68(108)87-50(24-26-57(81)99)66(106)95-63(76(5,6)117)73(113)91-52(33-42-19-22-47(23-20-42)115-31-30-79)67(107)88-53(34-43-18-21-44-14-8-9-15-45(44)32-43)70(110)96-77(7,28-12-13-29-78)74(114)93-51(25-27-60(102)103)65(105)89-55(36-58(82)100)64(104)85-39-59(83)101/h8-11,14-23,32,38,40,50-56,61-63,84,97,116-117H,12-13,24-31,33-37,39,78-80H2,1-7H3,(H2,81,99)(H2,82,100)(H2,83,101)(H,85,104)(H,86,98)(H,87,108)(H,88,107)(H,89,105)(H,90,111)(H,91,113)(H,92,112)(H,93,114)(H,94,109)(H,95,106)(H,96,110)(H,102,103)/t40-,50+,51+,52+,53+,54+,55+,56+,61+,62-,63-,77+/m1/s1. The molecule has 117 heavy (non-hydrogen) atoms. The molecular formula is C77H109N19O19S2. The number of benzene rings is 4. The summed E-state index contributed by atoms with van der Waals surface area (Å²) >= 11 is 9.15. The van der Waals surface area contributed by atoms with Crippen LogP contribution in [0.25, 0.3) is 21.7 Å². The van der Waals surface area contributed by atoms with E-state index in [1.807, 2.05) is 6.07 Å². The lowest BCUT2D eigenvalue weighted by molar-refractivity contribution is -0.140. The minimum Gasteiger partial charge on any atom is -0.492 e. The van der Waals surface area contributed by atoms with Gasteiger partial charge in [-0.15, -0.1) is 0 Å². The smallest absolute Gasteiger partial charge is 0.303 e. The lowest BCUT2D eigenvalue weighted by Gasteiger charge is -2.34. The van der Waals surface area contributed by atoms with Crippen molar-refractivity contribution in [1.82, 2.24) is 68.8 Å². The second-order valence-electron chi connectivity index (χ2n) is 29.5. The Kier molecular flexibility index (Phi) is 37.1. The van der Waals surface area contributed by atoms with Crippen molar-refractivity contribution in [3.8, 4) is 5.75 Å². The summed E-state index contributed by atoms with van der Waals surface area (Å²) in [6, 6.07) is 8.59. The number of carbonyl (C=O) groups excluding carboxylic acids is 15. The third kappa shape index (κ3) is 30.9. The molecule has 38 nitrogen and oxygen atoms in total. The van der Waals surface area contributed by atoms with E-state index in [0.717, 1.165) is 19.2 Å². The van der Waals surface area contributed by atoms with Crippen LogP contribution in [0.3, 0.4) is 0 Å². The van der Waals surface area contributed by atoms with Crippen LogP contribution in [0.1, 0.15) is 117 Å². The van der Waals surface area contributed by atoms with Crippen molar-refractivity contribution >= 4 is 142 Å². The number of nitrogens with two attached hydrogens (primary N) is 6. The number of amides is 15. The van der Waals surface area contributed by atoms with E-state index in [2.05, 4.69) is 81.4 Å². The third-order valence-corrected chi connectivity index (χ3v) is 19.1. The number of nitrogens with one attached hydrogen (secondary N) is 13. The Bertz CT molecular complexity index is 4380. The van der Waals surface area contributed by atoms with Crippen LogP contribution >= 0.6 is 25.3 Å². The summed E-state index contributed by atoms with van der Waals surface area (Å²) < 4.78 is 2.91. The number of para-hydroxylation sites is 1. The Morgan fingerprint density at radius 3 is 1.60 bits per heavy atom. The minimum absolute atomic E-state index is 0.102. The number of aromatic nitrogens is 1. The summed E-state index contributed by atoms with van der Waals surface area (Å²) in [4.78, 5) is 224. The predicted octanol–water partition coefficient (Wildman–Crippen LogP) is -4.08. The number of carbonyl (C=O) groups is 16. The van der Waals surface area contributed by atoms with Gasteiger partial charge in [0.25, 0.3) is 0 Å². The normalized spacial score (nSPS) is 14.8. The van der Waals surface area contributed by atoms with Crippen LogP contribution in [0, 0.1) is 0 Å². The zero-order valence-electron chi connectivity index (χ0n) is 66.1. The molecule has 27 N–H and O–H groups in total. The number of aromatic amines is 1. The summed E-state index contributed by atoms with van der Waals surface area (Å²) in [6.07, 6.45) is -4.30. The first-order valence-electron chi connectivity index (χ1n) is 37.6. The van der Waals surface area contributed by atoms with Crippen LogP contribution in [0.5, 0.6) is 5.75 Å². The van der Waals surface area contributed by atoms with Crippen LogP contribution in [-0.2, 0) is 96.0 Å². The molecule has 1 heterocycles. The van der Waals surface area contributed by atoms with Crippen LogP contribution < -0.4 is 103 Å². The zero-order valence-corrected chi connectivity index (χ0v) is 67.9. The first-order chi connectivity index (χ1) is 55.0. The van der Waals surface area contributed by atoms with Crippen LogP contribution in [0.2, 0.25) is 0 Å². The lowest BCUT2D eigenvalue weighted by Crippen LogP contribution is -2.65. The van der Waals surface area contributed by atoms with E-state index in [-0.39, 0.29) is 58.2 Å². The average molecular weight is 1670 g/mol. The van der Waals surface area contributed by atoms with Gasteiger partial charge < -0.3 is 118 Å². The summed E-state index contributed by atoms with van der Waals surface area (Å²) in [7, 11) is 0. The lowest BCUT2D eigenvalue weighted by atomic mass is 9.91.